The Labute approximate surface area is 81.1 Å². The maximum atomic E-state index is 10.6. The molecule has 1 unspecified atom stereocenters. The van der Waals surface area contributed by atoms with Gasteiger partial charge in [0, 0.05) is 23.9 Å². The van der Waals surface area contributed by atoms with Gasteiger partial charge >= 0.3 is 5.97 Å². The maximum Gasteiger partial charge on any atom is 0.371 e. The van der Waals surface area contributed by atoms with E-state index < -0.39 is 5.97 Å². The number of nitrogens with one attached hydrogen (secondary N) is 1. The molecule has 5 nitrogen and oxygen atoms in total. The van der Waals surface area contributed by atoms with Gasteiger partial charge in [0.2, 0.25) is 5.82 Å². The van der Waals surface area contributed by atoms with E-state index in [0.717, 1.165) is 18.7 Å². The number of carbonyl (C=O) groups is 1. The molecular formula is C9H12N2O3. The number of carboxylic acids is 1. The topological polar surface area (TPSA) is 75.2 Å². The average molecular weight is 196 g/mol. The Morgan fingerprint density at radius 3 is 3.07 bits per heavy atom. The first-order chi connectivity index (χ1) is 6.62. The molecule has 0 spiro atoms. The van der Waals surface area contributed by atoms with Crippen LogP contribution in [0.25, 0.3) is 0 Å². The SMILES string of the molecule is CC1(c2cnc(C(=O)O)[nH]2)CCOC1. The highest BCUT2D eigenvalue weighted by Crippen LogP contribution is 2.31. The summed E-state index contributed by atoms with van der Waals surface area (Å²) in [6.07, 6.45) is 2.48. The standard InChI is InChI=1S/C9H12N2O3/c1-9(2-3-14-5-9)6-4-10-7(11-6)8(12)13/h4H,2-3,5H2,1H3,(H,10,11)(H,12,13). The maximum absolute atomic E-state index is 10.6. The molecule has 0 aliphatic carbocycles. The minimum Gasteiger partial charge on any atom is -0.475 e. The van der Waals surface area contributed by atoms with Gasteiger partial charge in [-0.2, -0.15) is 0 Å². The third-order valence-electron chi connectivity index (χ3n) is 2.65. The summed E-state index contributed by atoms with van der Waals surface area (Å²) in [6.45, 7) is 3.38. The van der Waals surface area contributed by atoms with Gasteiger partial charge in [-0.05, 0) is 6.42 Å². The van der Waals surface area contributed by atoms with Crippen molar-refractivity contribution < 1.29 is 14.6 Å². The molecule has 1 aliphatic heterocycles. The predicted octanol–water partition coefficient (Wildman–Crippen LogP) is 0.786. The average Bonchev–Trinajstić information content (AvgIpc) is 2.71. The predicted molar refractivity (Wildman–Crippen MR) is 48.3 cm³/mol. The fraction of sp³-hybridized carbons (Fsp3) is 0.556. The summed E-state index contributed by atoms with van der Waals surface area (Å²) < 4.78 is 5.29. The second-order valence-electron chi connectivity index (χ2n) is 3.81. The van der Waals surface area contributed by atoms with Crippen molar-refractivity contribution in [2.24, 2.45) is 0 Å². The minimum atomic E-state index is -1.03. The largest absolute Gasteiger partial charge is 0.475 e. The fourth-order valence-electron chi connectivity index (χ4n) is 1.62. The highest BCUT2D eigenvalue weighted by Gasteiger charge is 2.33. The third kappa shape index (κ3) is 1.39. The van der Waals surface area contributed by atoms with Gasteiger partial charge in [-0.15, -0.1) is 0 Å². The van der Waals surface area contributed by atoms with E-state index in [4.69, 9.17) is 9.84 Å². The zero-order valence-electron chi connectivity index (χ0n) is 7.91. The van der Waals surface area contributed by atoms with Crippen LogP contribution >= 0.6 is 0 Å². The Morgan fingerprint density at radius 2 is 2.57 bits per heavy atom. The Bertz CT molecular complexity index is 353. The number of hydrogen-bond donors (Lipinski definition) is 2. The minimum absolute atomic E-state index is 0.00637. The molecule has 14 heavy (non-hydrogen) atoms. The number of carboxylic acid groups (broad SMARTS) is 1. The first kappa shape index (κ1) is 9.21. The van der Waals surface area contributed by atoms with Gasteiger partial charge in [-0.1, -0.05) is 6.92 Å². The van der Waals surface area contributed by atoms with Crippen molar-refractivity contribution in [3.05, 3.63) is 17.7 Å². The van der Waals surface area contributed by atoms with Gasteiger partial charge in [0.25, 0.3) is 0 Å². The van der Waals surface area contributed by atoms with Crippen molar-refractivity contribution in [1.82, 2.24) is 9.97 Å². The van der Waals surface area contributed by atoms with Crippen molar-refractivity contribution in [3.63, 3.8) is 0 Å². The molecule has 2 rings (SSSR count). The van der Waals surface area contributed by atoms with Crippen LogP contribution in [0.3, 0.4) is 0 Å². The van der Waals surface area contributed by atoms with Crippen LogP contribution in [0.15, 0.2) is 6.20 Å². The van der Waals surface area contributed by atoms with Crippen molar-refractivity contribution in [3.8, 4) is 0 Å². The zero-order chi connectivity index (χ0) is 10.2. The summed E-state index contributed by atoms with van der Waals surface area (Å²) in [7, 11) is 0. The number of aromatic carboxylic acids is 1. The Kier molecular flexibility index (Phi) is 2.03. The number of aromatic nitrogens is 2. The third-order valence-corrected chi connectivity index (χ3v) is 2.65. The van der Waals surface area contributed by atoms with Gasteiger partial charge in [-0.25, -0.2) is 9.78 Å². The van der Waals surface area contributed by atoms with Crippen LogP contribution in [0.2, 0.25) is 0 Å². The highest BCUT2D eigenvalue weighted by molar-refractivity contribution is 5.83. The fourth-order valence-corrected chi connectivity index (χ4v) is 1.62. The van der Waals surface area contributed by atoms with Crippen molar-refractivity contribution in [2.45, 2.75) is 18.8 Å². The van der Waals surface area contributed by atoms with Crippen LogP contribution in [0.5, 0.6) is 0 Å². The van der Waals surface area contributed by atoms with Crippen LogP contribution in [-0.4, -0.2) is 34.3 Å². The summed E-state index contributed by atoms with van der Waals surface area (Å²) in [4.78, 5) is 17.2. The zero-order valence-corrected chi connectivity index (χ0v) is 7.91. The molecule has 1 fully saturated rings. The number of H-pyrrole nitrogens is 1. The van der Waals surface area contributed by atoms with E-state index in [-0.39, 0.29) is 11.2 Å². The Hall–Kier alpha value is -1.36. The Morgan fingerprint density at radius 1 is 1.79 bits per heavy atom. The molecule has 2 heterocycles. The van der Waals surface area contributed by atoms with Gasteiger partial charge in [0.15, 0.2) is 0 Å². The number of imidazole rings is 1. The summed E-state index contributed by atoms with van der Waals surface area (Å²) in [5.74, 6) is -1.04. The summed E-state index contributed by atoms with van der Waals surface area (Å²) in [6, 6.07) is 0. The number of ether oxygens (including phenoxy) is 1. The highest BCUT2D eigenvalue weighted by atomic mass is 16.5. The molecule has 5 heteroatoms. The quantitative estimate of drug-likeness (QED) is 0.733. The monoisotopic (exact) mass is 196 g/mol. The molecule has 2 N–H and O–H groups in total. The van der Waals surface area contributed by atoms with Crippen LogP contribution in [0.1, 0.15) is 29.7 Å². The van der Waals surface area contributed by atoms with E-state index in [0.29, 0.717) is 6.61 Å². The lowest BCUT2D eigenvalue weighted by Crippen LogP contribution is -2.22. The summed E-state index contributed by atoms with van der Waals surface area (Å²) >= 11 is 0. The summed E-state index contributed by atoms with van der Waals surface area (Å²) in [5, 5.41) is 8.70. The van der Waals surface area contributed by atoms with Crippen LogP contribution in [0.4, 0.5) is 0 Å². The smallest absolute Gasteiger partial charge is 0.371 e. The van der Waals surface area contributed by atoms with E-state index in [2.05, 4.69) is 9.97 Å². The van der Waals surface area contributed by atoms with E-state index in [1.54, 1.807) is 6.20 Å². The lowest BCUT2D eigenvalue weighted by atomic mass is 9.87. The van der Waals surface area contributed by atoms with Gasteiger partial charge in [0.1, 0.15) is 0 Å². The molecule has 1 aromatic heterocycles. The number of nitrogens with zero attached hydrogens (tertiary/aromatic N) is 1. The molecule has 0 aromatic carbocycles. The van der Waals surface area contributed by atoms with E-state index in [9.17, 15) is 4.79 Å². The molecule has 1 atom stereocenters. The Balaban J connectivity index is 2.28. The van der Waals surface area contributed by atoms with Crippen LogP contribution < -0.4 is 0 Å². The molecule has 1 aliphatic rings. The molecule has 0 saturated carbocycles. The van der Waals surface area contributed by atoms with Crippen molar-refractivity contribution >= 4 is 5.97 Å². The first-order valence-electron chi connectivity index (χ1n) is 4.48. The van der Waals surface area contributed by atoms with Gasteiger partial charge < -0.3 is 14.8 Å². The first-order valence-corrected chi connectivity index (χ1v) is 4.48. The molecule has 1 saturated heterocycles. The molecule has 0 bridgehead atoms. The second kappa shape index (κ2) is 3.09. The lowest BCUT2D eigenvalue weighted by molar-refractivity contribution is 0.0684. The molecule has 1 aromatic rings. The number of aromatic amines is 1. The molecule has 76 valence electrons. The van der Waals surface area contributed by atoms with Gasteiger partial charge in [-0.3, -0.25) is 0 Å². The molecule has 0 amide bonds. The van der Waals surface area contributed by atoms with Gasteiger partial charge in [0.05, 0.1) is 6.61 Å². The van der Waals surface area contributed by atoms with E-state index in [1.165, 1.54) is 0 Å². The van der Waals surface area contributed by atoms with Crippen molar-refractivity contribution in [1.29, 1.82) is 0 Å². The molecular weight excluding hydrogens is 184 g/mol. The number of rotatable bonds is 2. The van der Waals surface area contributed by atoms with Crippen molar-refractivity contribution in [2.75, 3.05) is 13.2 Å². The number of hydrogen-bond acceptors (Lipinski definition) is 3. The van der Waals surface area contributed by atoms with E-state index in [1.807, 2.05) is 6.92 Å². The van der Waals surface area contributed by atoms with Crippen LogP contribution in [-0.2, 0) is 10.2 Å². The normalized spacial score (nSPS) is 26.6. The lowest BCUT2D eigenvalue weighted by Gasteiger charge is -2.18. The summed E-state index contributed by atoms with van der Waals surface area (Å²) in [5.41, 5.74) is 0.730. The van der Waals surface area contributed by atoms with Crippen LogP contribution in [0, 0.1) is 0 Å². The molecule has 0 radical (unpaired) electrons. The van der Waals surface area contributed by atoms with E-state index >= 15 is 0 Å². The second-order valence-corrected chi connectivity index (χ2v) is 3.81.